The van der Waals surface area contributed by atoms with Crippen LogP contribution in [-0.2, 0) is 4.79 Å². The van der Waals surface area contributed by atoms with E-state index in [4.69, 9.17) is 0 Å². The van der Waals surface area contributed by atoms with Gasteiger partial charge in [0, 0.05) is 23.8 Å². The average Bonchev–Trinajstić information content (AvgIpc) is 2.92. The summed E-state index contributed by atoms with van der Waals surface area (Å²) in [5.41, 5.74) is -0.814. The van der Waals surface area contributed by atoms with Crippen LogP contribution >= 0.6 is 0 Å². The molecular weight excluding hydrogens is 338 g/mol. The molecule has 4 nitrogen and oxygen atoms in total. The molecule has 0 aromatic heterocycles. The third-order valence-electron chi connectivity index (χ3n) is 9.95. The fourth-order valence-corrected chi connectivity index (χ4v) is 8.57. The number of likely N-dealkylation sites (N-methyl/N-ethyl adjacent to an activating group) is 1. The molecule has 0 heterocycles. The van der Waals surface area contributed by atoms with Crippen molar-refractivity contribution in [3.8, 4) is 0 Å². The molecular formula is C23H39NO3. The number of aliphatic hydroxyl groups excluding tert-OH is 1. The first-order valence-corrected chi connectivity index (χ1v) is 11.1. The van der Waals surface area contributed by atoms with Crippen LogP contribution in [0.4, 0.5) is 0 Å². The number of aliphatic hydroxyl groups is 2. The molecule has 4 saturated carbocycles. The highest BCUT2D eigenvalue weighted by Crippen LogP contribution is 2.68. The molecule has 0 radical (unpaired) electrons. The number of ketones is 1. The normalized spacial score (nSPS) is 55.0. The Kier molecular flexibility index (Phi) is 4.61. The Labute approximate surface area is 164 Å². The molecule has 0 aromatic rings. The molecule has 0 aromatic carbocycles. The first kappa shape index (κ1) is 19.8. The van der Waals surface area contributed by atoms with Gasteiger partial charge in [-0.1, -0.05) is 13.8 Å². The topological polar surface area (TPSA) is 60.8 Å². The van der Waals surface area contributed by atoms with Crippen LogP contribution < -0.4 is 0 Å². The molecule has 0 bridgehead atoms. The summed E-state index contributed by atoms with van der Waals surface area (Å²) in [7, 11) is 4.17. The van der Waals surface area contributed by atoms with Crippen molar-refractivity contribution in [2.75, 3.05) is 14.1 Å². The number of hydrogen-bond donors (Lipinski definition) is 2. The van der Waals surface area contributed by atoms with Crippen molar-refractivity contribution in [2.24, 2.45) is 34.5 Å². The Morgan fingerprint density at radius 2 is 1.74 bits per heavy atom. The van der Waals surface area contributed by atoms with Crippen LogP contribution in [0.1, 0.15) is 72.1 Å². The Balaban J connectivity index is 1.74. The molecule has 9 atom stereocenters. The van der Waals surface area contributed by atoms with E-state index in [-0.39, 0.29) is 28.9 Å². The summed E-state index contributed by atoms with van der Waals surface area (Å²) in [4.78, 5) is 14.5. The highest BCUT2D eigenvalue weighted by atomic mass is 16.3. The minimum atomic E-state index is -0.818. The number of nitrogens with zero attached hydrogens (tertiary/aromatic N) is 1. The van der Waals surface area contributed by atoms with Gasteiger partial charge < -0.3 is 15.1 Å². The third-order valence-corrected chi connectivity index (χ3v) is 9.95. The van der Waals surface area contributed by atoms with Gasteiger partial charge in [0.2, 0.25) is 0 Å². The maximum Gasteiger partial charge on any atom is 0.133 e. The fraction of sp³-hybridized carbons (Fsp3) is 0.957. The maximum atomic E-state index is 12.3. The van der Waals surface area contributed by atoms with Gasteiger partial charge in [0.1, 0.15) is 5.78 Å². The minimum Gasteiger partial charge on any atom is -0.393 e. The molecule has 0 saturated heterocycles. The van der Waals surface area contributed by atoms with Gasteiger partial charge in [-0.25, -0.2) is 0 Å². The van der Waals surface area contributed by atoms with Gasteiger partial charge in [0.15, 0.2) is 0 Å². The Morgan fingerprint density at radius 3 is 2.37 bits per heavy atom. The number of hydrogen-bond acceptors (Lipinski definition) is 4. The summed E-state index contributed by atoms with van der Waals surface area (Å²) in [5, 5.41) is 22.4. The number of carbonyl (C=O) groups excluding carboxylic acids is 1. The molecule has 154 valence electrons. The van der Waals surface area contributed by atoms with Crippen LogP contribution in [0, 0.1) is 34.5 Å². The van der Waals surface area contributed by atoms with E-state index in [1.807, 2.05) is 0 Å². The van der Waals surface area contributed by atoms with Crippen molar-refractivity contribution in [3.05, 3.63) is 0 Å². The average molecular weight is 378 g/mol. The molecule has 2 N–H and O–H groups in total. The fourth-order valence-electron chi connectivity index (χ4n) is 8.57. The number of Topliss-reactive ketones (excluding diaryl/α,β-unsaturated/α-hetero) is 1. The standard InChI is InChI=1S/C23H39NO3/c1-14(25)17-6-7-18-16-12-20(24(4)5)23(27)13-15(26)8-11-22(23,3)19(16)9-10-21(17,18)2/h15-20,26-27H,6-13H2,1-5H3/t15-,16-,17+,18-,19-,20+,21+,22+,23-/m0/s1. The van der Waals surface area contributed by atoms with Crippen molar-refractivity contribution in [1.82, 2.24) is 4.90 Å². The second kappa shape index (κ2) is 6.27. The smallest absolute Gasteiger partial charge is 0.133 e. The quantitative estimate of drug-likeness (QED) is 0.775. The van der Waals surface area contributed by atoms with Gasteiger partial charge in [-0.2, -0.15) is 0 Å². The highest BCUT2D eigenvalue weighted by Gasteiger charge is 2.67. The lowest BCUT2D eigenvalue weighted by atomic mass is 9.42. The summed E-state index contributed by atoms with van der Waals surface area (Å²) < 4.78 is 0. The SMILES string of the molecule is CC(=O)[C@H]1CC[C@H]2[C@@H]3C[C@@H](N(C)C)[C@@]4(O)C[C@@H](O)CC[C@]4(C)[C@H]3CC[C@]12C. The second-order valence-corrected chi connectivity index (χ2v) is 11.1. The maximum absolute atomic E-state index is 12.3. The largest absolute Gasteiger partial charge is 0.393 e. The van der Waals surface area contributed by atoms with Crippen molar-refractivity contribution >= 4 is 5.78 Å². The Morgan fingerprint density at radius 1 is 1.04 bits per heavy atom. The molecule has 27 heavy (non-hydrogen) atoms. The molecule has 4 heteroatoms. The van der Waals surface area contributed by atoms with E-state index in [0.717, 1.165) is 38.5 Å². The summed E-state index contributed by atoms with van der Waals surface area (Å²) in [6, 6.07) is 0.0810. The molecule has 4 fully saturated rings. The number of carbonyl (C=O) groups is 1. The summed E-state index contributed by atoms with van der Waals surface area (Å²) in [6.07, 6.45) is 7.29. The number of rotatable bonds is 2. The molecule has 0 unspecified atom stereocenters. The van der Waals surface area contributed by atoms with Gasteiger partial charge >= 0.3 is 0 Å². The van der Waals surface area contributed by atoms with Gasteiger partial charge in [-0.15, -0.1) is 0 Å². The lowest BCUT2D eigenvalue weighted by Crippen LogP contribution is -2.71. The third kappa shape index (κ3) is 2.55. The molecule has 4 rings (SSSR count). The first-order valence-electron chi connectivity index (χ1n) is 11.1. The van der Waals surface area contributed by atoms with E-state index in [2.05, 4.69) is 32.8 Å². The lowest BCUT2D eigenvalue weighted by Gasteiger charge is -2.67. The second-order valence-electron chi connectivity index (χ2n) is 11.1. The van der Waals surface area contributed by atoms with Gasteiger partial charge in [-0.3, -0.25) is 4.79 Å². The highest BCUT2D eigenvalue weighted by molar-refractivity contribution is 5.79. The zero-order valence-corrected chi connectivity index (χ0v) is 17.9. The summed E-state index contributed by atoms with van der Waals surface area (Å²) in [6.45, 7) is 6.48. The van der Waals surface area contributed by atoms with Crippen molar-refractivity contribution < 1.29 is 15.0 Å². The van der Waals surface area contributed by atoms with Crippen LogP contribution in [0.25, 0.3) is 0 Å². The van der Waals surface area contributed by atoms with Crippen LogP contribution in [-0.4, -0.2) is 52.7 Å². The van der Waals surface area contributed by atoms with Gasteiger partial charge in [0.05, 0.1) is 11.7 Å². The van der Waals surface area contributed by atoms with Gasteiger partial charge in [-0.05, 0) is 89.1 Å². The van der Waals surface area contributed by atoms with E-state index >= 15 is 0 Å². The van der Waals surface area contributed by atoms with E-state index in [1.165, 1.54) is 6.42 Å². The van der Waals surface area contributed by atoms with E-state index in [1.54, 1.807) is 6.92 Å². The van der Waals surface area contributed by atoms with Crippen molar-refractivity contribution in [1.29, 1.82) is 0 Å². The predicted molar refractivity (Wildman–Crippen MR) is 106 cm³/mol. The predicted octanol–water partition coefficient (Wildman–Crippen LogP) is 3.25. The van der Waals surface area contributed by atoms with Crippen molar-refractivity contribution in [2.45, 2.75) is 89.9 Å². The van der Waals surface area contributed by atoms with Crippen LogP contribution in [0.15, 0.2) is 0 Å². The van der Waals surface area contributed by atoms with Gasteiger partial charge in [0.25, 0.3) is 0 Å². The Hall–Kier alpha value is -0.450. The summed E-state index contributed by atoms with van der Waals surface area (Å²) >= 11 is 0. The Bertz CT molecular complexity index is 621. The lowest BCUT2D eigenvalue weighted by molar-refractivity contribution is -0.246. The zero-order valence-electron chi connectivity index (χ0n) is 17.9. The first-order chi connectivity index (χ1) is 12.5. The summed E-state index contributed by atoms with van der Waals surface area (Å²) in [5.74, 6) is 2.29. The monoisotopic (exact) mass is 377 g/mol. The van der Waals surface area contributed by atoms with E-state index in [0.29, 0.717) is 30.0 Å². The molecule has 4 aliphatic rings. The van der Waals surface area contributed by atoms with E-state index in [9.17, 15) is 15.0 Å². The molecule has 0 spiro atoms. The van der Waals surface area contributed by atoms with E-state index < -0.39 is 5.60 Å². The molecule has 4 aliphatic carbocycles. The van der Waals surface area contributed by atoms with Crippen LogP contribution in [0.3, 0.4) is 0 Å². The molecule has 0 amide bonds. The van der Waals surface area contributed by atoms with Crippen molar-refractivity contribution in [3.63, 3.8) is 0 Å². The molecule has 0 aliphatic heterocycles. The van der Waals surface area contributed by atoms with Crippen LogP contribution in [0.5, 0.6) is 0 Å². The minimum absolute atomic E-state index is 0.0810. The van der Waals surface area contributed by atoms with Crippen LogP contribution in [0.2, 0.25) is 0 Å². The zero-order chi connectivity index (χ0) is 19.8. The number of fused-ring (bicyclic) bond motifs is 5.